The Hall–Kier alpha value is -1.85. The zero-order valence-electron chi connectivity index (χ0n) is 17.9. The standard InChI is InChI=1S/C20H35N5O3/c1-15(2)25-7-6-20(13-21,14-25)23-17(26)16(12-19(3,4)5)22-18(27)24-8-10-28-11-9-24/h15-16H,6-12,14H2,1-5H3,(H,22,27)(H,23,26). The van der Waals surface area contributed by atoms with Crippen molar-refractivity contribution in [2.75, 3.05) is 39.4 Å². The number of nitrogens with one attached hydrogen (secondary N) is 2. The maximum atomic E-state index is 13.1. The first-order chi connectivity index (χ1) is 13.1. The number of likely N-dealkylation sites (tertiary alicyclic amines) is 1. The third-order valence-electron chi connectivity index (χ3n) is 5.33. The summed E-state index contributed by atoms with van der Waals surface area (Å²) >= 11 is 0. The molecule has 2 atom stereocenters. The van der Waals surface area contributed by atoms with E-state index in [9.17, 15) is 14.9 Å². The molecule has 0 aromatic heterocycles. The van der Waals surface area contributed by atoms with Crippen molar-refractivity contribution < 1.29 is 14.3 Å². The number of hydrogen-bond donors (Lipinski definition) is 2. The molecule has 2 N–H and O–H groups in total. The van der Waals surface area contributed by atoms with Crippen LogP contribution in [-0.4, -0.2) is 78.8 Å². The molecule has 8 nitrogen and oxygen atoms in total. The number of hydrogen-bond acceptors (Lipinski definition) is 5. The predicted octanol–water partition coefficient (Wildman–Crippen LogP) is 1.33. The molecular formula is C20H35N5O3. The molecule has 0 aromatic carbocycles. The van der Waals surface area contributed by atoms with E-state index in [1.165, 1.54) is 0 Å². The van der Waals surface area contributed by atoms with Crippen molar-refractivity contribution in [2.24, 2.45) is 5.41 Å². The third-order valence-corrected chi connectivity index (χ3v) is 5.33. The fourth-order valence-electron chi connectivity index (χ4n) is 3.65. The number of nitrogens with zero attached hydrogens (tertiary/aromatic N) is 3. The molecule has 0 aromatic rings. The van der Waals surface area contributed by atoms with Crippen LogP contribution < -0.4 is 10.6 Å². The van der Waals surface area contributed by atoms with E-state index in [1.54, 1.807) is 4.90 Å². The summed E-state index contributed by atoms with van der Waals surface area (Å²) < 4.78 is 5.29. The summed E-state index contributed by atoms with van der Waals surface area (Å²) in [5.74, 6) is -0.288. The quantitative estimate of drug-likeness (QED) is 0.734. The van der Waals surface area contributed by atoms with E-state index in [0.717, 1.165) is 6.54 Å². The van der Waals surface area contributed by atoms with Crippen LogP contribution in [0.3, 0.4) is 0 Å². The van der Waals surface area contributed by atoms with Gasteiger partial charge in [0.25, 0.3) is 0 Å². The number of ether oxygens (including phenoxy) is 1. The summed E-state index contributed by atoms with van der Waals surface area (Å²) in [5, 5.41) is 15.6. The van der Waals surface area contributed by atoms with Crippen molar-refractivity contribution in [1.29, 1.82) is 5.26 Å². The average Bonchev–Trinajstić information content (AvgIpc) is 3.05. The van der Waals surface area contributed by atoms with Gasteiger partial charge in [0.2, 0.25) is 5.91 Å². The smallest absolute Gasteiger partial charge is 0.318 e. The molecule has 0 saturated carbocycles. The Kier molecular flexibility index (Phi) is 7.29. The summed E-state index contributed by atoms with van der Waals surface area (Å²) in [6.07, 6.45) is 1.08. The van der Waals surface area contributed by atoms with Gasteiger partial charge >= 0.3 is 6.03 Å². The lowest BCUT2D eigenvalue weighted by atomic mass is 9.87. The van der Waals surface area contributed by atoms with Gasteiger partial charge in [0.1, 0.15) is 11.6 Å². The van der Waals surface area contributed by atoms with Crippen LogP contribution in [0.1, 0.15) is 47.5 Å². The largest absolute Gasteiger partial charge is 0.378 e. The van der Waals surface area contributed by atoms with E-state index in [4.69, 9.17) is 4.74 Å². The van der Waals surface area contributed by atoms with E-state index in [2.05, 4.69) is 35.5 Å². The Morgan fingerprint density at radius 2 is 1.86 bits per heavy atom. The second kappa shape index (κ2) is 9.10. The lowest BCUT2D eigenvalue weighted by Crippen LogP contribution is -2.59. The Labute approximate surface area is 168 Å². The Balaban J connectivity index is 2.08. The number of urea groups is 1. The molecule has 2 unspecified atom stereocenters. The summed E-state index contributed by atoms with van der Waals surface area (Å²) in [5.41, 5.74) is -1.05. The first-order valence-corrected chi connectivity index (χ1v) is 10.2. The average molecular weight is 394 g/mol. The van der Waals surface area contributed by atoms with Gasteiger partial charge in [-0.15, -0.1) is 0 Å². The van der Waals surface area contributed by atoms with Crippen LogP contribution >= 0.6 is 0 Å². The second-order valence-corrected chi connectivity index (χ2v) is 9.36. The number of morpholine rings is 1. The zero-order chi connectivity index (χ0) is 20.9. The predicted molar refractivity (Wildman–Crippen MR) is 107 cm³/mol. The molecule has 2 aliphatic rings. The SMILES string of the molecule is CC(C)N1CCC(C#N)(NC(=O)C(CC(C)(C)C)NC(=O)N2CCOCC2)C1. The molecule has 2 saturated heterocycles. The first kappa shape index (κ1) is 22.4. The summed E-state index contributed by atoms with van der Waals surface area (Å²) in [4.78, 5) is 29.6. The number of carbonyl (C=O) groups excluding carboxylic acids is 2. The minimum absolute atomic E-state index is 0.153. The fraction of sp³-hybridized carbons (Fsp3) is 0.850. The molecule has 0 bridgehead atoms. The van der Waals surface area contributed by atoms with E-state index in [0.29, 0.717) is 51.7 Å². The van der Waals surface area contributed by atoms with Crippen LogP contribution in [0.4, 0.5) is 4.79 Å². The van der Waals surface area contributed by atoms with Gasteiger partial charge in [-0.25, -0.2) is 4.79 Å². The van der Waals surface area contributed by atoms with Gasteiger partial charge < -0.3 is 20.3 Å². The minimum atomic E-state index is -0.902. The number of nitriles is 1. The van der Waals surface area contributed by atoms with Crippen molar-refractivity contribution in [2.45, 2.75) is 65.1 Å². The highest BCUT2D eigenvalue weighted by Gasteiger charge is 2.42. The van der Waals surface area contributed by atoms with Crippen LogP contribution in [0.15, 0.2) is 0 Å². The molecule has 158 valence electrons. The van der Waals surface area contributed by atoms with Gasteiger partial charge in [0.15, 0.2) is 0 Å². The summed E-state index contributed by atoms with van der Waals surface area (Å²) in [6, 6.07) is 1.69. The van der Waals surface area contributed by atoms with Gasteiger partial charge in [-0.1, -0.05) is 20.8 Å². The molecule has 2 aliphatic heterocycles. The number of carbonyl (C=O) groups is 2. The van der Waals surface area contributed by atoms with Gasteiger partial charge in [-0.2, -0.15) is 5.26 Å². The van der Waals surface area contributed by atoms with Crippen molar-refractivity contribution in [1.82, 2.24) is 20.4 Å². The van der Waals surface area contributed by atoms with Crippen molar-refractivity contribution in [3.05, 3.63) is 0 Å². The highest BCUT2D eigenvalue weighted by molar-refractivity contribution is 5.88. The topological polar surface area (TPSA) is 97.7 Å². The Morgan fingerprint density at radius 1 is 1.21 bits per heavy atom. The molecule has 0 spiro atoms. The van der Waals surface area contributed by atoms with Crippen molar-refractivity contribution >= 4 is 11.9 Å². The van der Waals surface area contributed by atoms with Gasteiger partial charge in [-0.05, 0) is 32.1 Å². The molecule has 2 rings (SSSR count). The Bertz CT molecular complexity index is 604. The van der Waals surface area contributed by atoms with E-state index in [1.807, 2.05) is 20.8 Å². The fourth-order valence-corrected chi connectivity index (χ4v) is 3.65. The zero-order valence-corrected chi connectivity index (χ0v) is 17.9. The second-order valence-electron chi connectivity index (χ2n) is 9.36. The molecule has 28 heavy (non-hydrogen) atoms. The maximum Gasteiger partial charge on any atom is 0.318 e. The van der Waals surface area contributed by atoms with E-state index in [-0.39, 0.29) is 17.4 Å². The summed E-state index contributed by atoms with van der Waals surface area (Å²) in [7, 11) is 0. The highest BCUT2D eigenvalue weighted by atomic mass is 16.5. The van der Waals surface area contributed by atoms with Crippen LogP contribution in [0.5, 0.6) is 0 Å². The number of amides is 3. The number of rotatable bonds is 5. The monoisotopic (exact) mass is 393 g/mol. The maximum absolute atomic E-state index is 13.1. The van der Waals surface area contributed by atoms with E-state index < -0.39 is 11.6 Å². The lowest BCUT2D eigenvalue weighted by molar-refractivity contribution is -0.125. The summed E-state index contributed by atoms with van der Waals surface area (Å²) in [6.45, 7) is 13.6. The van der Waals surface area contributed by atoms with Gasteiger partial charge in [0.05, 0.1) is 19.3 Å². The van der Waals surface area contributed by atoms with Gasteiger partial charge in [-0.3, -0.25) is 9.69 Å². The lowest BCUT2D eigenvalue weighted by Gasteiger charge is -2.33. The molecule has 8 heteroatoms. The molecule has 2 heterocycles. The molecular weight excluding hydrogens is 358 g/mol. The van der Waals surface area contributed by atoms with Crippen molar-refractivity contribution in [3.8, 4) is 6.07 Å². The Morgan fingerprint density at radius 3 is 2.36 bits per heavy atom. The van der Waals surface area contributed by atoms with Crippen molar-refractivity contribution in [3.63, 3.8) is 0 Å². The first-order valence-electron chi connectivity index (χ1n) is 10.2. The minimum Gasteiger partial charge on any atom is -0.378 e. The molecule has 0 radical (unpaired) electrons. The highest BCUT2D eigenvalue weighted by Crippen LogP contribution is 2.25. The van der Waals surface area contributed by atoms with Crippen LogP contribution in [0.25, 0.3) is 0 Å². The molecule has 0 aliphatic carbocycles. The van der Waals surface area contributed by atoms with Crippen LogP contribution in [0.2, 0.25) is 0 Å². The normalized spacial score (nSPS) is 24.7. The molecule has 2 fully saturated rings. The molecule has 3 amide bonds. The van der Waals surface area contributed by atoms with Gasteiger partial charge in [0, 0.05) is 32.2 Å². The van der Waals surface area contributed by atoms with E-state index >= 15 is 0 Å². The van der Waals surface area contributed by atoms with Crippen LogP contribution in [0, 0.1) is 16.7 Å². The van der Waals surface area contributed by atoms with Crippen LogP contribution in [-0.2, 0) is 9.53 Å². The third kappa shape index (κ3) is 6.08.